The number of amides is 1. The Morgan fingerprint density at radius 2 is 2.05 bits per heavy atom. The van der Waals surface area contributed by atoms with E-state index in [1.807, 2.05) is 0 Å². The third kappa shape index (κ3) is 4.93. The SMILES string of the molecule is COCCN(CCC(=O)OC)C(=O)c1ccc(F)cn1. The number of nitrogens with zero attached hydrogens (tertiary/aromatic N) is 2. The summed E-state index contributed by atoms with van der Waals surface area (Å²) in [7, 11) is 2.80. The summed E-state index contributed by atoms with van der Waals surface area (Å²) in [6.45, 7) is 0.827. The molecule has 6 nitrogen and oxygen atoms in total. The minimum Gasteiger partial charge on any atom is -0.469 e. The molecule has 0 bridgehead atoms. The molecule has 0 unspecified atom stereocenters. The van der Waals surface area contributed by atoms with Crippen LogP contribution in [0.3, 0.4) is 0 Å². The molecule has 0 atom stereocenters. The lowest BCUT2D eigenvalue weighted by Crippen LogP contribution is -2.36. The van der Waals surface area contributed by atoms with E-state index in [-0.39, 0.29) is 24.6 Å². The van der Waals surface area contributed by atoms with Crippen LogP contribution in [0.25, 0.3) is 0 Å². The first kappa shape index (κ1) is 16.0. The van der Waals surface area contributed by atoms with Gasteiger partial charge < -0.3 is 14.4 Å². The lowest BCUT2D eigenvalue weighted by atomic mass is 10.3. The maximum atomic E-state index is 12.8. The molecule has 20 heavy (non-hydrogen) atoms. The Morgan fingerprint density at radius 3 is 2.60 bits per heavy atom. The summed E-state index contributed by atoms with van der Waals surface area (Å²) in [5.41, 5.74) is 0.118. The van der Waals surface area contributed by atoms with Crippen molar-refractivity contribution in [1.82, 2.24) is 9.88 Å². The molecule has 0 aliphatic heterocycles. The molecule has 1 amide bonds. The second kappa shape index (κ2) is 8.21. The van der Waals surface area contributed by atoms with Crippen LogP contribution in [-0.2, 0) is 14.3 Å². The summed E-state index contributed by atoms with van der Waals surface area (Å²) in [4.78, 5) is 28.5. The molecule has 110 valence electrons. The van der Waals surface area contributed by atoms with E-state index >= 15 is 0 Å². The molecule has 0 fully saturated rings. The molecule has 0 N–H and O–H groups in total. The zero-order chi connectivity index (χ0) is 15.0. The van der Waals surface area contributed by atoms with E-state index in [0.29, 0.717) is 13.2 Å². The third-order valence-corrected chi connectivity index (χ3v) is 2.61. The van der Waals surface area contributed by atoms with Crippen molar-refractivity contribution in [2.24, 2.45) is 0 Å². The number of hydrogen-bond donors (Lipinski definition) is 0. The summed E-state index contributed by atoms with van der Waals surface area (Å²) in [5, 5.41) is 0. The fourth-order valence-corrected chi connectivity index (χ4v) is 1.51. The van der Waals surface area contributed by atoms with Gasteiger partial charge in [0.2, 0.25) is 0 Å². The van der Waals surface area contributed by atoms with E-state index in [2.05, 4.69) is 9.72 Å². The molecule has 1 rings (SSSR count). The standard InChI is InChI=1S/C13H17FN2O4/c1-19-8-7-16(6-5-12(17)20-2)13(18)11-4-3-10(14)9-15-11/h3-4,9H,5-8H2,1-2H3. The number of pyridine rings is 1. The number of aromatic nitrogens is 1. The zero-order valence-electron chi connectivity index (χ0n) is 11.5. The first-order chi connectivity index (χ1) is 9.58. The van der Waals surface area contributed by atoms with Crippen molar-refractivity contribution in [3.8, 4) is 0 Å². The van der Waals surface area contributed by atoms with Gasteiger partial charge in [0.25, 0.3) is 5.91 Å². The van der Waals surface area contributed by atoms with Crippen molar-refractivity contribution in [2.45, 2.75) is 6.42 Å². The van der Waals surface area contributed by atoms with Crippen LogP contribution >= 0.6 is 0 Å². The van der Waals surface area contributed by atoms with Crippen LogP contribution in [0.4, 0.5) is 4.39 Å². The van der Waals surface area contributed by atoms with E-state index in [9.17, 15) is 14.0 Å². The molecule has 0 aromatic carbocycles. The molecular formula is C13H17FN2O4. The predicted octanol–water partition coefficient (Wildman–Crippen LogP) is 0.872. The lowest BCUT2D eigenvalue weighted by molar-refractivity contribution is -0.140. The number of carbonyl (C=O) groups excluding carboxylic acids is 2. The molecule has 0 spiro atoms. The Bertz CT molecular complexity index is 450. The maximum absolute atomic E-state index is 12.8. The molecule has 1 aromatic heterocycles. The van der Waals surface area contributed by atoms with Gasteiger partial charge in [-0.3, -0.25) is 9.59 Å². The highest BCUT2D eigenvalue weighted by Crippen LogP contribution is 2.05. The van der Waals surface area contributed by atoms with Crippen molar-refractivity contribution in [3.05, 3.63) is 29.8 Å². The smallest absolute Gasteiger partial charge is 0.307 e. The van der Waals surface area contributed by atoms with Gasteiger partial charge in [-0.2, -0.15) is 0 Å². The second-order valence-electron chi connectivity index (χ2n) is 3.97. The minimum atomic E-state index is -0.514. The average molecular weight is 284 g/mol. The van der Waals surface area contributed by atoms with Gasteiger partial charge in [-0.1, -0.05) is 0 Å². The fraction of sp³-hybridized carbons (Fsp3) is 0.462. The van der Waals surface area contributed by atoms with Crippen molar-refractivity contribution in [1.29, 1.82) is 0 Å². The number of methoxy groups -OCH3 is 2. The summed E-state index contributed by atoms with van der Waals surface area (Å²) in [5.74, 6) is -1.31. The van der Waals surface area contributed by atoms with Gasteiger partial charge in [0, 0.05) is 20.2 Å². The van der Waals surface area contributed by atoms with Crippen LogP contribution in [0.1, 0.15) is 16.9 Å². The molecule has 1 heterocycles. The lowest BCUT2D eigenvalue weighted by Gasteiger charge is -2.21. The Hall–Kier alpha value is -2.02. The normalized spacial score (nSPS) is 10.2. The Kier molecular flexibility index (Phi) is 6.58. The van der Waals surface area contributed by atoms with Crippen molar-refractivity contribution >= 4 is 11.9 Å². The van der Waals surface area contributed by atoms with Crippen LogP contribution in [0.5, 0.6) is 0 Å². The Balaban J connectivity index is 2.72. The number of rotatable bonds is 7. The molecule has 0 aliphatic rings. The topological polar surface area (TPSA) is 68.7 Å². The van der Waals surface area contributed by atoms with Gasteiger partial charge in [-0.05, 0) is 12.1 Å². The van der Waals surface area contributed by atoms with Crippen molar-refractivity contribution < 1.29 is 23.5 Å². The summed E-state index contributed by atoms with van der Waals surface area (Å²) in [6.07, 6.45) is 1.05. The monoisotopic (exact) mass is 284 g/mol. The fourth-order valence-electron chi connectivity index (χ4n) is 1.51. The highest BCUT2D eigenvalue weighted by Gasteiger charge is 2.18. The quantitative estimate of drug-likeness (QED) is 0.695. The zero-order valence-corrected chi connectivity index (χ0v) is 11.5. The van der Waals surface area contributed by atoms with Crippen LogP contribution in [0, 0.1) is 5.82 Å². The highest BCUT2D eigenvalue weighted by atomic mass is 19.1. The first-order valence-corrected chi connectivity index (χ1v) is 6.05. The molecule has 0 saturated heterocycles. The first-order valence-electron chi connectivity index (χ1n) is 6.05. The van der Waals surface area contributed by atoms with E-state index in [1.165, 1.54) is 25.2 Å². The molecule has 0 saturated carbocycles. The van der Waals surface area contributed by atoms with Crippen molar-refractivity contribution in [2.75, 3.05) is 33.9 Å². The molecule has 0 radical (unpaired) electrons. The molecule has 1 aromatic rings. The molecule has 0 aliphatic carbocycles. The summed E-state index contributed by atoms with van der Waals surface area (Å²) >= 11 is 0. The third-order valence-electron chi connectivity index (χ3n) is 2.61. The Labute approximate surface area is 116 Å². The molecular weight excluding hydrogens is 267 g/mol. The highest BCUT2D eigenvalue weighted by molar-refractivity contribution is 5.92. The number of hydrogen-bond acceptors (Lipinski definition) is 5. The number of esters is 1. The van der Waals surface area contributed by atoms with E-state index in [4.69, 9.17) is 4.74 Å². The average Bonchev–Trinajstić information content (AvgIpc) is 2.47. The largest absolute Gasteiger partial charge is 0.469 e. The minimum absolute atomic E-state index is 0.0765. The maximum Gasteiger partial charge on any atom is 0.307 e. The van der Waals surface area contributed by atoms with Gasteiger partial charge in [0.1, 0.15) is 11.5 Å². The molecule has 7 heteroatoms. The van der Waals surface area contributed by atoms with Gasteiger partial charge in [-0.25, -0.2) is 9.37 Å². The van der Waals surface area contributed by atoms with Crippen molar-refractivity contribution in [3.63, 3.8) is 0 Å². The van der Waals surface area contributed by atoms with Gasteiger partial charge in [-0.15, -0.1) is 0 Å². The van der Waals surface area contributed by atoms with Gasteiger partial charge in [0.05, 0.1) is 26.3 Å². The number of ether oxygens (including phenoxy) is 2. The number of halogens is 1. The number of carbonyl (C=O) groups is 2. The van der Waals surface area contributed by atoms with Crippen LogP contribution in [0.2, 0.25) is 0 Å². The van der Waals surface area contributed by atoms with Gasteiger partial charge >= 0.3 is 5.97 Å². The Morgan fingerprint density at radius 1 is 1.30 bits per heavy atom. The van der Waals surface area contributed by atoms with Crippen LogP contribution in [-0.4, -0.2) is 55.7 Å². The van der Waals surface area contributed by atoms with Crippen LogP contribution < -0.4 is 0 Å². The summed E-state index contributed by atoms with van der Waals surface area (Å²) < 4.78 is 22.2. The van der Waals surface area contributed by atoms with Gasteiger partial charge in [0.15, 0.2) is 0 Å². The van der Waals surface area contributed by atoms with E-state index in [0.717, 1.165) is 12.3 Å². The summed E-state index contributed by atoms with van der Waals surface area (Å²) in [6, 6.07) is 2.46. The van der Waals surface area contributed by atoms with E-state index in [1.54, 1.807) is 0 Å². The van der Waals surface area contributed by atoms with Crippen LogP contribution in [0.15, 0.2) is 18.3 Å². The van der Waals surface area contributed by atoms with E-state index < -0.39 is 11.8 Å². The predicted molar refractivity (Wildman–Crippen MR) is 68.6 cm³/mol. The second-order valence-corrected chi connectivity index (χ2v) is 3.97.